The number of para-hydroxylation sites is 1. The number of esters is 1. The van der Waals surface area contributed by atoms with Crippen molar-refractivity contribution in [2.45, 2.75) is 39.8 Å². The van der Waals surface area contributed by atoms with Gasteiger partial charge in [0.15, 0.2) is 0 Å². The van der Waals surface area contributed by atoms with Gasteiger partial charge in [0.1, 0.15) is 18.5 Å². The van der Waals surface area contributed by atoms with Crippen molar-refractivity contribution in [1.82, 2.24) is 9.47 Å². The Kier molecular flexibility index (Phi) is 7.31. The number of aliphatic hydroxyl groups excluding tert-OH is 1. The number of aromatic nitrogens is 1. The Labute approximate surface area is 218 Å². The number of ether oxygens (including phenoxy) is 2. The highest BCUT2D eigenvalue weighted by Gasteiger charge is 2.23. The van der Waals surface area contributed by atoms with Gasteiger partial charge in [-0.1, -0.05) is 42.5 Å². The fourth-order valence-corrected chi connectivity index (χ4v) is 5.33. The fraction of sp³-hybridized carbons (Fsp3) is 0.323. The Morgan fingerprint density at radius 1 is 1.03 bits per heavy atom. The highest BCUT2D eigenvalue weighted by atomic mass is 16.5. The summed E-state index contributed by atoms with van der Waals surface area (Å²) in [7, 11) is 0. The molecule has 0 saturated carbocycles. The molecule has 1 atom stereocenters. The number of hydrogen-bond donors (Lipinski definition) is 1. The maximum atomic E-state index is 13.0. The van der Waals surface area contributed by atoms with Crippen molar-refractivity contribution >= 4 is 16.9 Å². The first kappa shape index (κ1) is 25.1. The lowest BCUT2D eigenvalue weighted by Crippen LogP contribution is -2.38. The molecule has 3 aromatic carbocycles. The normalized spacial score (nSPS) is 14.4. The maximum Gasteiger partial charge on any atom is 0.340 e. The van der Waals surface area contributed by atoms with E-state index in [4.69, 9.17) is 9.47 Å². The average molecular weight is 499 g/mol. The van der Waals surface area contributed by atoms with Crippen LogP contribution in [0, 0.1) is 13.8 Å². The largest absolute Gasteiger partial charge is 0.491 e. The second-order valence-corrected chi connectivity index (χ2v) is 9.70. The molecule has 1 aliphatic rings. The maximum absolute atomic E-state index is 13.0. The van der Waals surface area contributed by atoms with E-state index in [1.807, 2.05) is 44.2 Å². The summed E-state index contributed by atoms with van der Waals surface area (Å²) in [4.78, 5) is 15.2. The zero-order chi connectivity index (χ0) is 25.9. The van der Waals surface area contributed by atoms with Crippen LogP contribution in [-0.4, -0.2) is 53.0 Å². The molecule has 192 valence electrons. The number of β-amino-alcohol motifs (C(OH)–C–C–N with tert-alkyl or cyclic N) is 1. The summed E-state index contributed by atoms with van der Waals surface area (Å²) in [5, 5.41) is 11.5. The predicted octanol–water partition coefficient (Wildman–Crippen LogP) is 5.22. The molecule has 1 N–H and O–H groups in total. The summed E-state index contributed by atoms with van der Waals surface area (Å²) in [6.07, 6.45) is 0.373. The zero-order valence-electron chi connectivity index (χ0n) is 21.7. The van der Waals surface area contributed by atoms with E-state index in [0.29, 0.717) is 24.5 Å². The van der Waals surface area contributed by atoms with Crippen LogP contribution in [0.5, 0.6) is 5.75 Å². The monoisotopic (exact) mass is 498 g/mol. The van der Waals surface area contributed by atoms with Gasteiger partial charge in [-0.15, -0.1) is 0 Å². The van der Waals surface area contributed by atoms with E-state index in [2.05, 4.69) is 52.8 Å². The molecule has 0 saturated heterocycles. The number of fused-ring (bicyclic) bond motifs is 2. The van der Waals surface area contributed by atoms with Gasteiger partial charge in [0.05, 0.1) is 17.7 Å². The zero-order valence-corrected chi connectivity index (χ0v) is 21.7. The van der Waals surface area contributed by atoms with Crippen molar-refractivity contribution in [3.8, 4) is 11.4 Å². The van der Waals surface area contributed by atoms with Crippen molar-refractivity contribution in [2.24, 2.45) is 0 Å². The van der Waals surface area contributed by atoms with E-state index in [0.717, 1.165) is 47.4 Å². The number of carbonyl (C=O) groups is 1. The second-order valence-electron chi connectivity index (χ2n) is 9.70. The molecule has 4 aromatic rings. The van der Waals surface area contributed by atoms with Gasteiger partial charge in [0.2, 0.25) is 0 Å². The number of aliphatic hydroxyl groups is 1. The van der Waals surface area contributed by atoms with Crippen LogP contribution in [0.25, 0.3) is 16.6 Å². The van der Waals surface area contributed by atoms with Crippen molar-refractivity contribution in [3.05, 3.63) is 94.7 Å². The molecule has 5 rings (SSSR count). The molecular formula is C31H34N2O4. The molecule has 1 unspecified atom stereocenters. The van der Waals surface area contributed by atoms with Crippen LogP contribution in [0.4, 0.5) is 0 Å². The third-order valence-corrected chi connectivity index (χ3v) is 7.13. The number of carbonyl (C=O) groups excluding carboxylic acids is 1. The van der Waals surface area contributed by atoms with E-state index in [9.17, 15) is 9.90 Å². The van der Waals surface area contributed by atoms with Gasteiger partial charge in [-0.25, -0.2) is 4.79 Å². The third-order valence-electron chi connectivity index (χ3n) is 7.13. The summed E-state index contributed by atoms with van der Waals surface area (Å²) in [5.41, 5.74) is 7.13. The molecule has 0 aliphatic carbocycles. The molecule has 0 radical (unpaired) electrons. The molecule has 0 bridgehead atoms. The van der Waals surface area contributed by atoms with Crippen molar-refractivity contribution in [3.63, 3.8) is 0 Å². The van der Waals surface area contributed by atoms with Crippen LogP contribution in [0.1, 0.15) is 39.7 Å². The highest BCUT2D eigenvalue weighted by molar-refractivity contribution is 6.07. The Hall–Kier alpha value is -3.61. The minimum Gasteiger partial charge on any atom is -0.491 e. The van der Waals surface area contributed by atoms with E-state index >= 15 is 0 Å². The topological polar surface area (TPSA) is 63.9 Å². The molecule has 0 spiro atoms. The Balaban J connectivity index is 1.36. The second kappa shape index (κ2) is 10.8. The molecule has 37 heavy (non-hydrogen) atoms. The first-order chi connectivity index (χ1) is 18.0. The fourth-order valence-electron chi connectivity index (χ4n) is 5.33. The van der Waals surface area contributed by atoms with E-state index in [1.165, 1.54) is 11.1 Å². The Morgan fingerprint density at radius 3 is 2.57 bits per heavy atom. The predicted molar refractivity (Wildman–Crippen MR) is 146 cm³/mol. The summed E-state index contributed by atoms with van der Waals surface area (Å²) in [6.45, 7) is 8.61. The molecule has 1 aliphatic heterocycles. The number of hydrogen-bond acceptors (Lipinski definition) is 5. The summed E-state index contributed by atoms with van der Waals surface area (Å²) >= 11 is 0. The van der Waals surface area contributed by atoms with E-state index < -0.39 is 6.10 Å². The lowest BCUT2D eigenvalue weighted by Gasteiger charge is -2.30. The molecule has 6 heteroatoms. The van der Waals surface area contributed by atoms with Crippen LogP contribution in [-0.2, 0) is 17.7 Å². The van der Waals surface area contributed by atoms with Crippen LogP contribution < -0.4 is 4.74 Å². The van der Waals surface area contributed by atoms with Crippen LogP contribution in [0.2, 0.25) is 0 Å². The minimum atomic E-state index is -0.621. The summed E-state index contributed by atoms with van der Waals surface area (Å²) < 4.78 is 13.5. The van der Waals surface area contributed by atoms with E-state index in [-0.39, 0.29) is 12.6 Å². The first-order valence-electron chi connectivity index (χ1n) is 12.9. The smallest absolute Gasteiger partial charge is 0.340 e. The number of nitrogens with zero attached hydrogens (tertiary/aromatic N) is 2. The van der Waals surface area contributed by atoms with Crippen LogP contribution in [0.3, 0.4) is 0 Å². The van der Waals surface area contributed by atoms with E-state index in [1.54, 1.807) is 0 Å². The SMILES string of the molecule is CCOC(=O)c1c(C)n(-c2ccccc2C)c2ccc(OCC(O)CN3CCc4ccccc4C3)cc12. The molecular weight excluding hydrogens is 464 g/mol. The molecule has 2 heterocycles. The first-order valence-corrected chi connectivity index (χ1v) is 12.9. The average Bonchev–Trinajstić information content (AvgIpc) is 3.18. The Bertz CT molecular complexity index is 1420. The standard InChI is InChI=1S/C31H34N2O4/c1-4-36-31(35)30-22(3)33(28-12-8-5-9-21(28)2)29-14-13-26(17-27(29)30)37-20-25(34)19-32-16-15-23-10-6-7-11-24(23)18-32/h5-14,17,25,34H,4,15-16,18-20H2,1-3H3. The summed E-state index contributed by atoms with van der Waals surface area (Å²) in [5.74, 6) is 0.267. The molecule has 0 fully saturated rings. The Morgan fingerprint density at radius 2 is 1.78 bits per heavy atom. The number of benzene rings is 3. The minimum absolute atomic E-state index is 0.176. The molecule has 0 amide bonds. The van der Waals surface area contributed by atoms with Gasteiger partial charge in [-0.3, -0.25) is 4.90 Å². The van der Waals surface area contributed by atoms with Gasteiger partial charge in [-0.2, -0.15) is 0 Å². The number of aryl methyl sites for hydroxylation is 1. The molecule has 6 nitrogen and oxygen atoms in total. The van der Waals surface area contributed by atoms with Gasteiger partial charge in [0.25, 0.3) is 0 Å². The van der Waals surface area contributed by atoms with Crippen LogP contribution in [0.15, 0.2) is 66.7 Å². The van der Waals surface area contributed by atoms with Gasteiger partial charge >= 0.3 is 5.97 Å². The lowest BCUT2D eigenvalue weighted by atomic mass is 10.00. The van der Waals surface area contributed by atoms with Crippen molar-refractivity contribution in [1.29, 1.82) is 0 Å². The third kappa shape index (κ3) is 5.13. The van der Waals surface area contributed by atoms with Gasteiger partial charge < -0.3 is 19.1 Å². The van der Waals surface area contributed by atoms with Crippen molar-refractivity contribution < 1.29 is 19.4 Å². The highest BCUT2D eigenvalue weighted by Crippen LogP contribution is 2.33. The lowest BCUT2D eigenvalue weighted by molar-refractivity contribution is 0.0527. The summed E-state index contributed by atoms with van der Waals surface area (Å²) in [6, 6.07) is 22.4. The van der Waals surface area contributed by atoms with Gasteiger partial charge in [-0.05, 0) is 68.1 Å². The van der Waals surface area contributed by atoms with Crippen LogP contribution >= 0.6 is 0 Å². The van der Waals surface area contributed by atoms with Crippen molar-refractivity contribution in [2.75, 3.05) is 26.3 Å². The quantitative estimate of drug-likeness (QED) is 0.338. The molecule has 1 aromatic heterocycles. The van der Waals surface area contributed by atoms with Gasteiger partial charge in [0, 0.05) is 36.4 Å². The number of rotatable bonds is 8.